The van der Waals surface area contributed by atoms with Crippen LogP contribution in [0.4, 0.5) is 5.69 Å². The molecule has 4 heteroatoms. The van der Waals surface area contributed by atoms with E-state index in [0.717, 1.165) is 22.0 Å². The number of esters is 1. The second kappa shape index (κ2) is 5.93. The van der Waals surface area contributed by atoms with Gasteiger partial charge >= 0.3 is 5.97 Å². The number of nitrogens with zero attached hydrogens (tertiary/aromatic N) is 1. The summed E-state index contributed by atoms with van der Waals surface area (Å²) in [5.41, 5.74) is 1.38. The molecule has 0 bridgehead atoms. The summed E-state index contributed by atoms with van der Waals surface area (Å²) >= 11 is 0. The predicted molar refractivity (Wildman–Crippen MR) is 94.9 cm³/mol. The minimum atomic E-state index is -0.534. The smallest absolute Gasteiger partial charge is 0.308 e. The van der Waals surface area contributed by atoms with Crippen LogP contribution in [0.15, 0.2) is 36.4 Å². The molecular weight excluding hydrogens is 302 g/mol. The van der Waals surface area contributed by atoms with Crippen molar-refractivity contribution in [2.75, 3.05) is 4.90 Å². The van der Waals surface area contributed by atoms with E-state index in [9.17, 15) is 9.59 Å². The summed E-state index contributed by atoms with van der Waals surface area (Å²) in [6.07, 6.45) is 0.562. The standard InChI is InChI=1S/C20H23NO3/c1-5-17(22)21-15-11-7-9-13-8-6-10-14(19(13)15)16(21)12-18(23)24-20(2,3)4/h6-11,16H,5,12H2,1-4H3. The highest BCUT2D eigenvalue weighted by Crippen LogP contribution is 2.46. The molecule has 0 aromatic heterocycles. The zero-order chi connectivity index (χ0) is 17.5. The van der Waals surface area contributed by atoms with Crippen LogP contribution in [0.25, 0.3) is 10.8 Å². The number of benzene rings is 2. The molecule has 4 nitrogen and oxygen atoms in total. The van der Waals surface area contributed by atoms with Crippen molar-refractivity contribution in [2.24, 2.45) is 0 Å². The molecule has 1 aliphatic rings. The van der Waals surface area contributed by atoms with E-state index in [1.54, 1.807) is 4.90 Å². The minimum absolute atomic E-state index is 0.0206. The van der Waals surface area contributed by atoms with E-state index >= 15 is 0 Å². The van der Waals surface area contributed by atoms with Gasteiger partial charge < -0.3 is 9.64 Å². The van der Waals surface area contributed by atoms with Crippen molar-refractivity contribution in [3.8, 4) is 0 Å². The van der Waals surface area contributed by atoms with Gasteiger partial charge in [-0.1, -0.05) is 37.3 Å². The molecule has 3 rings (SSSR count). The highest BCUT2D eigenvalue weighted by Gasteiger charge is 2.36. The number of hydrogen-bond acceptors (Lipinski definition) is 3. The summed E-state index contributed by atoms with van der Waals surface area (Å²) in [6, 6.07) is 11.7. The van der Waals surface area contributed by atoms with E-state index in [0.29, 0.717) is 6.42 Å². The lowest BCUT2D eigenvalue weighted by Gasteiger charge is -2.27. The van der Waals surface area contributed by atoms with Crippen molar-refractivity contribution in [3.63, 3.8) is 0 Å². The van der Waals surface area contributed by atoms with E-state index < -0.39 is 5.60 Å². The van der Waals surface area contributed by atoms with Gasteiger partial charge in [0.25, 0.3) is 0 Å². The third-order valence-corrected chi connectivity index (χ3v) is 4.20. The second-order valence-electron chi connectivity index (χ2n) is 7.15. The topological polar surface area (TPSA) is 46.6 Å². The van der Waals surface area contributed by atoms with E-state index in [-0.39, 0.29) is 24.3 Å². The highest BCUT2D eigenvalue weighted by atomic mass is 16.6. The van der Waals surface area contributed by atoms with Crippen molar-refractivity contribution in [1.29, 1.82) is 0 Å². The van der Waals surface area contributed by atoms with Crippen LogP contribution in [0.2, 0.25) is 0 Å². The number of carbonyl (C=O) groups excluding carboxylic acids is 2. The molecule has 2 aromatic rings. The van der Waals surface area contributed by atoms with Crippen LogP contribution in [0, 0.1) is 0 Å². The monoisotopic (exact) mass is 325 g/mol. The fourth-order valence-electron chi connectivity index (χ4n) is 3.36. The van der Waals surface area contributed by atoms with Crippen LogP contribution in [0.1, 0.15) is 52.1 Å². The number of anilines is 1. The average Bonchev–Trinajstić information content (AvgIpc) is 2.81. The van der Waals surface area contributed by atoms with Gasteiger partial charge in [0.05, 0.1) is 18.2 Å². The normalized spacial score (nSPS) is 16.5. The molecule has 0 spiro atoms. The Morgan fingerprint density at radius 1 is 1.12 bits per heavy atom. The number of carbonyl (C=O) groups is 2. The SMILES string of the molecule is CCC(=O)N1c2cccc3cccc(c23)C1CC(=O)OC(C)(C)C. The molecule has 1 aliphatic heterocycles. The Hall–Kier alpha value is -2.36. The third-order valence-electron chi connectivity index (χ3n) is 4.20. The molecule has 1 heterocycles. The summed E-state index contributed by atoms with van der Waals surface area (Å²) in [5, 5.41) is 2.15. The first kappa shape index (κ1) is 16.5. The summed E-state index contributed by atoms with van der Waals surface area (Å²) in [5.74, 6) is -0.265. The van der Waals surface area contributed by atoms with E-state index in [1.165, 1.54) is 0 Å². The second-order valence-corrected chi connectivity index (χ2v) is 7.15. The maximum atomic E-state index is 12.6. The van der Waals surface area contributed by atoms with Crippen LogP contribution in [0.3, 0.4) is 0 Å². The zero-order valence-electron chi connectivity index (χ0n) is 14.6. The van der Waals surface area contributed by atoms with E-state index in [2.05, 4.69) is 0 Å². The molecule has 1 atom stereocenters. The largest absolute Gasteiger partial charge is 0.460 e. The van der Waals surface area contributed by atoms with Crippen molar-refractivity contribution < 1.29 is 14.3 Å². The number of amides is 1. The molecule has 0 aliphatic carbocycles. The van der Waals surface area contributed by atoms with Gasteiger partial charge in [-0.2, -0.15) is 0 Å². The fourth-order valence-corrected chi connectivity index (χ4v) is 3.36. The molecule has 0 radical (unpaired) electrons. The molecule has 24 heavy (non-hydrogen) atoms. The number of ether oxygens (including phenoxy) is 1. The molecular formula is C20H23NO3. The van der Waals surface area contributed by atoms with Crippen molar-refractivity contribution in [2.45, 2.75) is 52.2 Å². The van der Waals surface area contributed by atoms with Crippen LogP contribution < -0.4 is 4.90 Å². The van der Waals surface area contributed by atoms with Crippen molar-refractivity contribution >= 4 is 28.3 Å². The molecule has 0 saturated heterocycles. The number of hydrogen-bond donors (Lipinski definition) is 0. The first-order chi connectivity index (χ1) is 11.3. The molecule has 0 fully saturated rings. The zero-order valence-corrected chi connectivity index (χ0v) is 14.6. The summed E-state index contributed by atoms with van der Waals surface area (Å²) in [7, 11) is 0. The van der Waals surface area contributed by atoms with Crippen LogP contribution in [-0.4, -0.2) is 17.5 Å². The molecule has 2 aromatic carbocycles. The van der Waals surface area contributed by atoms with Gasteiger partial charge in [0.2, 0.25) is 5.91 Å². The Bertz CT molecular complexity index is 799. The first-order valence-electron chi connectivity index (χ1n) is 8.37. The van der Waals surface area contributed by atoms with E-state index in [1.807, 2.05) is 64.1 Å². The van der Waals surface area contributed by atoms with Crippen LogP contribution in [0.5, 0.6) is 0 Å². The van der Waals surface area contributed by atoms with Gasteiger partial charge in [0.15, 0.2) is 0 Å². The quantitative estimate of drug-likeness (QED) is 0.787. The molecule has 126 valence electrons. The number of rotatable bonds is 3. The van der Waals surface area contributed by atoms with Gasteiger partial charge in [-0.25, -0.2) is 0 Å². The van der Waals surface area contributed by atoms with Crippen LogP contribution in [-0.2, 0) is 14.3 Å². The van der Waals surface area contributed by atoms with Crippen molar-refractivity contribution in [1.82, 2.24) is 0 Å². The van der Waals surface area contributed by atoms with Gasteiger partial charge in [-0.05, 0) is 37.8 Å². The van der Waals surface area contributed by atoms with Crippen molar-refractivity contribution in [3.05, 3.63) is 42.0 Å². The Morgan fingerprint density at radius 2 is 1.79 bits per heavy atom. The van der Waals surface area contributed by atoms with Gasteiger partial charge in [-0.3, -0.25) is 9.59 Å². The van der Waals surface area contributed by atoms with Crippen LogP contribution >= 0.6 is 0 Å². The van der Waals surface area contributed by atoms with E-state index in [4.69, 9.17) is 4.74 Å². The Balaban J connectivity index is 2.03. The Labute approximate surface area is 142 Å². The van der Waals surface area contributed by atoms with Gasteiger partial charge in [0, 0.05) is 11.8 Å². The lowest BCUT2D eigenvalue weighted by atomic mass is 10.00. The Kier molecular flexibility index (Phi) is 4.08. The molecule has 0 N–H and O–H groups in total. The minimum Gasteiger partial charge on any atom is -0.460 e. The summed E-state index contributed by atoms with van der Waals surface area (Å²) < 4.78 is 5.48. The van der Waals surface area contributed by atoms with Gasteiger partial charge in [-0.15, -0.1) is 0 Å². The predicted octanol–water partition coefficient (Wildman–Crippen LogP) is 4.37. The third kappa shape index (κ3) is 2.88. The maximum Gasteiger partial charge on any atom is 0.308 e. The fraction of sp³-hybridized carbons (Fsp3) is 0.400. The molecule has 1 amide bonds. The average molecular weight is 325 g/mol. The maximum absolute atomic E-state index is 12.6. The summed E-state index contributed by atoms with van der Waals surface area (Å²) in [6.45, 7) is 7.40. The lowest BCUT2D eigenvalue weighted by Crippen LogP contribution is -2.34. The molecule has 1 unspecified atom stereocenters. The molecule has 0 saturated carbocycles. The highest BCUT2D eigenvalue weighted by molar-refractivity contribution is 6.09. The van der Waals surface area contributed by atoms with Gasteiger partial charge in [0.1, 0.15) is 5.60 Å². The first-order valence-corrected chi connectivity index (χ1v) is 8.37. The summed E-state index contributed by atoms with van der Waals surface area (Å²) in [4.78, 5) is 26.7. The lowest BCUT2D eigenvalue weighted by molar-refractivity contribution is -0.155. The Morgan fingerprint density at radius 3 is 2.42 bits per heavy atom.